The van der Waals surface area contributed by atoms with E-state index in [1.165, 1.54) is 4.57 Å². The second-order valence-electron chi connectivity index (χ2n) is 5.29. The van der Waals surface area contributed by atoms with Crippen molar-refractivity contribution in [3.8, 4) is 6.07 Å². The Labute approximate surface area is 123 Å². The highest BCUT2D eigenvalue weighted by Gasteiger charge is 2.17. The van der Waals surface area contributed by atoms with E-state index in [0.29, 0.717) is 17.8 Å². The van der Waals surface area contributed by atoms with E-state index in [0.717, 1.165) is 19.4 Å². The largest absolute Gasteiger partial charge is 0.376 e. The molecule has 1 fully saturated rings. The number of nitrogens with one attached hydrogen (secondary N) is 1. The molecule has 0 bridgehead atoms. The summed E-state index contributed by atoms with van der Waals surface area (Å²) in [6.45, 7) is 4.59. The van der Waals surface area contributed by atoms with Gasteiger partial charge in [0.15, 0.2) is 0 Å². The molecule has 2 heterocycles. The molecule has 0 aromatic carbocycles. The quantitative estimate of drug-likeness (QED) is 0.881. The van der Waals surface area contributed by atoms with Crippen molar-refractivity contribution in [2.45, 2.75) is 39.3 Å². The van der Waals surface area contributed by atoms with Crippen LogP contribution in [0.25, 0.3) is 0 Å². The standard InChI is InChI=1S/C15H19N3O3/c1-10-6-11(2)18(15(20)13(10)7-16)9-14(19)17-8-12-4-3-5-21-12/h6,12H,3-5,8-9H2,1-2H3,(H,17,19)/t12-/m1/s1. The van der Waals surface area contributed by atoms with Gasteiger partial charge in [-0.2, -0.15) is 5.26 Å². The Bertz CT molecular complexity index is 637. The number of carbonyl (C=O) groups excluding carboxylic acids is 1. The molecular formula is C15H19N3O3. The van der Waals surface area contributed by atoms with Crippen LogP contribution in [-0.2, 0) is 16.1 Å². The lowest BCUT2D eigenvalue weighted by Crippen LogP contribution is -2.37. The molecule has 2 rings (SSSR count). The highest BCUT2D eigenvalue weighted by atomic mass is 16.5. The zero-order valence-corrected chi connectivity index (χ0v) is 12.3. The maximum atomic E-state index is 12.2. The van der Waals surface area contributed by atoms with Crippen molar-refractivity contribution in [1.29, 1.82) is 5.26 Å². The number of nitrogens with zero attached hydrogens (tertiary/aromatic N) is 2. The molecule has 1 aliphatic heterocycles. The predicted octanol–water partition coefficient (Wildman–Crippen LogP) is 0.632. The van der Waals surface area contributed by atoms with Gasteiger partial charge in [0, 0.05) is 18.8 Å². The minimum absolute atomic E-state index is 0.0689. The molecule has 0 saturated carbocycles. The number of nitriles is 1. The van der Waals surface area contributed by atoms with Gasteiger partial charge in [-0.25, -0.2) is 0 Å². The fourth-order valence-electron chi connectivity index (χ4n) is 2.49. The summed E-state index contributed by atoms with van der Waals surface area (Å²) in [5.41, 5.74) is 0.981. The number of hydrogen-bond donors (Lipinski definition) is 1. The van der Waals surface area contributed by atoms with E-state index in [-0.39, 0.29) is 24.1 Å². The first-order valence-electron chi connectivity index (χ1n) is 7.02. The lowest BCUT2D eigenvalue weighted by atomic mass is 10.1. The molecular weight excluding hydrogens is 270 g/mol. The third-order valence-electron chi connectivity index (χ3n) is 3.67. The summed E-state index contributed by atoms with van der Waals surface area (Å²) >= 11 is 0. The molecule has 0 spiro atoms. The number of aryl methyl sites for hydroxylation is 2. The van der Waals surface area contributed by atoms with Crippen molar-refractivity contribution in [3.05, 3.63) is 33.2 Å². The second kappa shape index (κ2) is 6.55. The van der Waals surface area contributed by atoms with Crippen LogP contribution < -0.4 is 10.9 Å². The number of pyridine rings is 1. The molecule has 1 N–H and O–H groups in total. The molecule has 6 nitrogen and oxygen atoms in total. The van der Waals surface area contributed by atoms with Gasteiger partial charge in [0.2, 0.25) is 5.91 Å². The molecule has 1 aromatic rings. The summed E-state index contributed by atoms with van der Waals surface area (Å²) in [4.78, 5) is 24.1. The van der Waals surface area contributed by atoms with Crippen LogP contribution in [0.15, 0.2) is 10.9 Å². The molecule has 1 aliphatic rings. The van der Waals surface area contributed by atoms with Crippen LogP contribution in [-0.4, -0.2) is 29.7 Å². The second-order valence-corrected chi connectivity index (χ2v) is 5.29. The molecule has 1 amide bonds. The lowest BCUT2D eigenvalue weighted by molar-refractivity contribution is -0.122. The van der Waals surface area contributed by atoms with Crippen molar-refractivity contribution in [3.63, 3.8) is 0 Å². The highest BCUT2D eigenvalue weighted by Crippen LogP contribution is 2.10. The van der Waals surface area contributed by atoms with Crippen LogP contribution >= 0.6 is 0 Å². The Morgan fingerprint density at radius 3 is 2.95 bits per heavy atom. The fourth-order valence-corrected chi connectivity index (χ4v) is 2.49. The van der Waals surface area contributed by atoms with Crippen molar-refractivity contribution in [1.82, 2.24) is 9.88 Å². The van der Waals surface area contributed by atoms with Gasteiger partial charge in [0.25, 0.3) is 5.56 Å². The third-order valence-corrected chi connectivity index (χ3v) is 3.67. The zero-order chi connectivity index (χ0) is 15.4. The molecule has 0 aliphatic carbocycles. The summed E-state index contributed by atoms with van der Waals surface area (Å²) < 4.78 is 6.76. The highest BCUT2D eigenvalue weighted by molar-refractivity contribution is 5.75. The van der Waals surface area contributed by atoms with Crippen LogP contribution in [0.4, 0.5) is 0 Å². The van der Waals surface area contributed by atoms with E-state index < -0.39 is 5.56 Å². The van der Waals surface area contributed by atoms with Gasteiger partial charge in [0.1, 0.15) is 18.2 Å². The Kier molecular flexibility index (Phi) is 4.76. The van der Waals surface area contributed by atoms with Crippen molar-refractivity contribution >= 4 is 5.91 Å². The molecule has 0 radical (unpaired) electrons. The molecule has 21 heavy (non-hydrogen) atoms. The van der Waals surface area contributed by atoms with E-state index in [4.69, 9.17) is 10.00 Å². The van der Waals surface area contributed by atoms with Crippen LogP contribution in [0.3, 0.4) is 0 Å². The van der Waals surface area contributed by atoms with Crippen molar-refractivity contribution in [2.24, 2.45) is 0 Å². The zero-order valence-electron chi connectivity index (χ0n) is 12.3. The number of carbonyl (C=O) groups is 1. The van der Waals surface area contributed by atoms with Crippen LogP contribution in [0, 0.1) is 25.2 Å². The Balaban J connectivity index is 2.07. The first-order chi connectivity index (χ1) is 10.0. The summed E-state index contributed by atoms with van der Waals surface area (Å²) in [7, 11) is 0. The van der Waals surface area contributed by atoms with Crippen molar-refractivity contribution in [2.75, 3.05) is 13.2 Å². The maximum Gasteiger partial charge on any atom is 0.269 e. The van der Waals surface area contributed by atoms with Gasteiger partial charge in [-0.15, -0.1) is 0 Å². The average Bonchev–Trinajstić information content (AvgIpc) is 2.95. The first kappa shape index (κ1) is 15.3. The Morgan fingerprint density at radius 1 is 1.57 bits per heavy atom. The van der Waals surface area contributed by atoms with Gasteiger partial charge < -0.3 is 14.6 Å². The molecule has 112 valence electrons. The van der Waals surface area contributed by atoms with E-state index in [2.05, 4.69) is 5.32 Å². The maximum absolute atomic E-state index is 12.2. The monoisotopic (exact) mass is 289 g/mol. The van der Waals surface area contributed by atoms with Crippen LogP contribution in [0.5, 0.6) is 0 Å². The van der Waals surface area contributed by atoms with Crippen molar-refractivity contribution < 1.29 is 9.53 Å². The topological polar surface area (TPSA) is 84.1 Å². The average molecular weight is 289 g/mol. The van der Waals surface area contributed by atoms with Gasteiger partial charge in [-0.05, 0) is 38.3 Å². The molecule has 0 unspecified atom stereocenters. The van der Waals surface area contributed by atoms with E-state index in [9.17, 15) is 9.59 Å². The van der Waals surface area contributed by atoms with Gasteiger partial charge in [0.05, 0.1) is 6.10 Å². The molecule has 1 saturated heterocycles. The van der Waals surface area contributed by atoms with Gasteiger partial charge >= 0.3 is 0 Å². The summed E-state index contributed by atoms with van der Waals surface area (Å²) in [6, 6.07) is 3.64. The number of aromatic nitrogens is 1. The third kappa shape index (κ3) is 3.50. The Hall–Kier alpha value is -2.13. The molecule has 6 heteroatoms. The van der Waals surface area contributed by atoms with Crippen LogP contribution in [0.1, 0.15) is 29.7 Å². The van der Waals surface area contributed by atoms with Gasteiger partial charge in [-0.1, -0.05) is 0 Å². The minimum Gasteiger partial charge on any atom is -0.376 e. The SMILES string of the molecule is Cc1cc(C)n(CC(=O)NC[C@H]2CCCO2)c(=O)c1C#N. The summed E-state index contributed by atoms with van der Waals surface area (Å²) in [5.74, 6) is -0.247. The molecule has 1 atom stereocenters. The summed E-state index contributed by atoms with van der Waals surface area (Å²) in [6.07, 6.45) is 2.03. The normalized spacial score (nSPS) is 17.5. The molecule has 1 aromatic heterocycles. The predicted molar refractivity (Wildman–Crippen MR) is 76.9 cm³/mol. The number of ether oxygens (including phenoxy) is 1. The number of hydrogen-bond acceptors (Lipinski definition) is 4. The first-order valence-corrected chi connectivity index (χ1v) is 7.02. The lowest BCUT2D eigenvalue weighted by Gasteiger charge is -2.14. The van der Waals surface area contributed by atoms with E-state index in [1.54, 1.807) is 19.9 Å². The van der Waals surface area contributed by atoms with Gasteiger partial charge in [-0.3, -0.25) is 9.59 Å². The fraction of sp³-hybridized carbons (Fsp3) is 0.533. The Morgan fingerprint density at radius 2 is 2.33 bits per heavy atom. The number of rotatable bonds is 4. The smallest absolute Gasteiger partial charge is 0.269 e. The number of amides is 1. The van der Waals surface area contributed by atoms with E-state index >= 15 is 0 Å². The summed E-state index contributed by atoms with van der Waals surface area (Å²) in [5, 5.41) is 11.8. The van der Waals surface area contributed by atoms with Crippen LogP contribution in [0.2, 0.25) is 0 Å². The minimum atomic E-state index is -0.415. The van der Waals surface area contributed by atoms with E-state index in [1.807, 2.05) is 6.07 Å².